The van der Waals surface area contributed by atoms with E-state index in [2.05, 4.69) is 0 Å². The molecular formula is C14H14O4S. The van der Waals surface area contributed by atoms with Crippen LogP contribution in [0.25, 0.3) is 0 Å². The summed E-state index contributed by atoms with van der Waals surface area (Å²) in [5, 5.41) is 19.1. The highest BCUT2D eigenvalue weighted by Crippen LogP contribution is 2.28. The molecule has 0 unspecified atom stereocenters. The molecule has 0 spiro atoms. The van der Waals surface area contributed by atoms with Crippen LogP contribution < -0.4 is 0 Å². The van der Waals surface area contributed by atoms with E-state index >= 15 is 0 Å². The maximum absolute atomic E-state index is 12.4. The van der Waals surface area contributed by atoms with Crippen LogP contribution in [0.1, 0.15) is 11.1 Å². The largest absolute Gasteiger partial charge is 0.508 e. The molecule has 19 heavy (non-hydrogen) atoms. The average molecular weight is 278 g/mol. The summed E-state index contributed by atoms with van der Waals surface area (Å²) in [6.07, 6.45) is 0. The van der Waals surface area contributed by atoms with Crippen LogP contribution in [0.4, 0.5) is 0 Å². The molecule has 0 aliphatic carbocycles. The highest BCUT2D eigenvalue weighted by atomic mass is 32.2. The van der Waals surface area contributed by atoms with Crippen molar-refractivity contribution >= 4 is 9.84 Å². The highest BCUT2D eigenvalue weighted by molar-refractivity contribution is 7.91. The smallest absolute Gasteiger partial charge is 0.206 e. The normalized spacial score (nSPS) is 11.5. The van der Waals surface area contributed by atoms with Crippen LogP contribution >= 0.6 is 0 Å². The molecule has 0 saturated carbocycles. The highest BCUT2D eigenvalue weighted by Gasteiger charge is 2.19. The Hall–Kier alpha value is -2.01. The van der Waals surface area contributed by atoms with Crippen molar-refractivity contribution in [2.45, 2.75) is 23.6 Å². The number of hydrogen-bond donors (Lipinski definition) is 2. The van der Waals surface area contributed by atoms with Gasteiger partial charge in [-0.3, -0.25) is 0 Å². The molecule has 0 heterocycles. The summed E-state index contributed by atoms with van der Waals surface area (Å²) in [7, 11) is -3.74. The van der Waals surface area contributed by atoms with Gasteiger partial charge >= 0.3 is 0 Å². The van der Waals surface area contributed by atoms with E-state index in [1.807, 2.05) is 0 Å². The molecule has 0 radical (unpaired) electrons. The number of hydrogen-bond acceptors (Lipinski definition) is 4. The van der Waals surface area contributed by atoms with Crippen LogP contribution in [-0.2, 0) is 9.84 Å². The number of sulfone groups is 1. The first kappa shape index (κ1) is 13.4. The number of rotatable bonds is 2. The van der Waals surface area contributed by atoms with E-state index in [0.29, 0.717) is 11.1 Å². The van der Waals surface area contributed by atoms with Crippen LogP contribution in [0.5, 0.6) is 11.5 Å². The summed E-state index contributed by atoms with van der Waals surface area (Å²) in [4.78, 5) is 0.00820. The van der Waals surface area contributed by atoms with E-state index in [1.54, 1.807) is 13.8 Å². The maximum atomic E-state index is 12.4. The summed E-state index contributed by atoms with van der Waals surface area (Å²) < 4.78 is 24.8. The number of aryl methyl sites for hydroxylation is 2. The molecule has 0 aliphatic rings. The Bertz CT molecular complexity index is 713. The van der Waals surface area contributed by atoms with E-state index in [9.17, 15) is 18.6 Å². The zero-order valence-electron chi connectivity index (χ0n) is 10.6. The van der Waals surface area contributed by atoms with Gasteiger partial charge in [0.2, 0.25) is 9.84 Å². The zero-order valence-corrected chi connectivity index (χ0v) is 11.4. The van der Waals surface area contributed by atoms with E-state index < -0.39 is 9.84 Å². The Morgan fingerprint density at radius 3 is 2.16 bits per heavy atom. The first-order valence-electron chi connectivity index (χ1n) is 5.66. The van der Waals surface area contributed by atoms with E-state index in [0.717, 1.165) is 0 Å². The average Bonchev–Trinajstić information content (AvgIpc) is 2.31. The van der Waals surface area contributed by atoms with Crippen molar-refractivity contribution in [3.8, 4) is 11.5 Å². The third kappa shape index (κ3) is 2.56. The third-order valence-electron chi connectivity index (χ3n) is 2.84. The van der Waals surface area contributed by atoms with Crippen LogP contribution in [0.2, 0.25) is 0 Å². The second kappa shape index (κ2) is 4.59. The monoisotopic (exact) mass is 278 g/mol. The molecule has 2 aromatic carbocycles. The molecule has 0 fully saturated rings. The Balaban J connectivity index is 2.61. The predicted octanol–water partition coefficient (Wildman–Crippen LogP) is 2.55. The van der Waals surface area contributed by atoms with Crippen molar-refractivity contribution in [1.29, 1.82) is 0 Å². The van der Waals surface area contributed by atoms with Crippen molar-refractivity contribution in [2.75, 3.05) is 0 Å². The van der Waals surface area contributed by atoms with Gasteiger partial charge in [0.1, 0.15) is 11.5 Å². The fourth-order valence-electron chi connectivity index (χ4n) is 1.78. The lowest BCUT2D eigenvalue weighted by Crippen LogP contribution is -2.02. The Labute approximate surface area is 111 Å². The number of phenolic OH excluding ortho intramolecular Hbond substituents is 2. The summed E-state index contributed by atoms with van der Waals surface area (Å²) in [5.74, 6) is -0.173. The topological polar surface area (TPSA) is 74.6 Å². The number of aromatic hydroxyl groups is 2. The summed E-state index contributed by atoms with van der Waals surface area (Å²) in [6.45, 7) is 3.38. The van der Waals surface area contributed by atoms with Crippen molar-refractivity contribution in [1.82, 2.24) is 0 Å². The molecule has 0 saturated heterocycles. The summed E-state index contributed by atoms with van der Waals surface area (Å²) >= 11 is 0. The maximum Gasteiger partial charge on any atom is 0.206 e. The lowest BCUT2D eigenvalue weighted by atomic mass is 10.2. The summed E-state index contributed by atoms with van der Waals surface area (Å²) in [5.41, 5.74) is 1.25. The fraction of sp³-hybridized carbons (Fsp3) is 0.143. The van der Waals surface area contributed by atoms with E-state index in [1.165, 1.54) is 36.4 Å². The number of phenols is 2. The standard InChI is InChI=1S/C14H14O4S/c1-9-5-11(15)7-13(6-9)19(17,18)12-4-3-10(2)14(16)8-12/h3-8,15-16H,1-2H3. The van der Waals surface area contributed by atoms with Gasteiger partial charge < -0.3 is 10.2 Å². The van der Waals surface area contributed by atoms with Gasteiger partial charge in [0.05, 0.1) is 9.79 Å². The molecule has 0 aromatic heterocycles. The summed E-state index contributed by atoms with van der Waals surface area (Å²) in [6, 6.07) is 8.34. The molecule has 2 rings (SSSR count). The molecule has 4 nitrogen and oxygen atoms in total. The van der Waals surface area contributed by atoms with Crippen molar-refractivity contribution in [2.24, 2.45) is 0 Å². The van der Waals surface area contributed by atoms with E-state index in [-0.39, 0.29) is 21.3 Å². The molecule has 5 heteroatoms. The molecule has 2 aromatic rings. The van der Waals surface area contributed by atoms with Gasteiger partial charge in [-0.25, -0.2) is 8.42 Å². The lowest BCUT2D eigenvalue weighted by molar-refractivity contribution is 0.469. The second-order valence-electron chi connectivity index (χ2n) is 4.46. The Morgan fingerprint density at radius 2 is 1.58 bits per heavy atom. The van der Waals surface area contributed by atoms with Crippen molar-refractivity contribution in [3.63, 3.8) is 0 Å². The van der Waals surface area contributed by atoms with Crippen LogP contribution in [-0.4, -0.2) is 18.6 Å². The Kier molecular flexibility index (Phi) is 3.24. The molecule has 100 valence electrons. The minimum atomic E-state index is -3.74. The Morgan fingerprint density at radius 1 is 0.895 bits per heavy atom. The van der Waals surface area contributed by atoms with Gasteiger partial charge in [0.25, 0.3) is 0 Å². The lowest BCUT2D eigenvalue weighted by Gasteiger charge is -2.08. The van der Waals surface area contributed by atoms with Gasteiger partial charge in [-0.05, 0) is 55.3 Å². The quantitative estimate of drug-likeness (QED) is 0.885. The molecule has 0 bridgehead atoms. The van der Waals surface area contributed by atoms with Gasteiger partial charge in [0, 0.05) is 0 Å². The third-order valence-corrected chi connectivity index (χ3v) is 4.57. The van der Waals surface area contributed by atoms with Gasteiger partial charge in [-0.15, -0.1) is 0 Å². The molecular weight excluding hydrogens is 264 g/mol. The zero-order chi connectivity index (χ0) is 14.2. The van der Waals surface area contributed by atoms with E-state index in [4.69, 9.17) is 0 Å². The van der Waals surface area contributed by atoms with Crippen LogP contribution in [0.3, 0.4) is 0 Å². The van der Waals surface area contributed by atoms with Crippen molar-refractivity contribution in [3.05, 3.63) is 47.5 Å². The van der Waals surface area contributed by atoms with Crippen LogP contribution in [0.15, 0.2) is 46.2 Å². The molecule has 0 amide bonds. The van der Waals surface area contributed by atoms with Crippen molar-refractivity contribution < 1.29 is 18.6 Å². The SMILES string of the molecule is Cc1cc(O)cc(S(=O)(=O)c2ccc(C)c(O)c2)c1. The first-order chi connectivity index (χ1) is 8.80. The molecule has 0 atom stereocenters. The molecule has 2 N–H and O–H groups in total. The predicted molar refractivity (Wildman–Crippen MR) is 71.1 cm³/mol. The van der Waals surface area contributed by atoms with Crippen LogP contribution in [0, 0.1) is 13.8 Å². The minimum absolute atomic E-state index is 0.000556. The number of benzene rings is 2. The fourth-order valence-corrected chi connectivity index (χ4v) is 3.18. The second-order valence-corrected chi connectivity index (χ2v) is 6.41. The minimum Gasteiger partial charge on any atom is -0.508 e. The van der Waals surface area contributed by atoms with Gasteiger partial charge in [0.15, 0.2) is 0 Å². The van der Waals surface area contributed by atoms with Gasteiger partial charge in [-0.1, -0.05) is 6.07 Å². The first-order valence-corrected chi connectivity index (χ1v) is 7.14. The van der Waals surface area contributed by atoms with Gasteiger partial charge in [-0.2, -0.15) is 0 Å². The molecule has 0 aliphatic heterocycles.